The van der Waals surface area contributed by atoms with Crippen molar-refractivity contribution in [3.63, 3.8) is 0 Å². The molecule has 0 aliphatic carbocycles. The molecule has 1 saturated heterocycles. The minimum Gasteiger partial charge on any atom is -0.497 e. The van der Waals surface area contributed by atoms with E-state index in [2.05, 4.69) is 27.7 Å². The van der Waals surface area contributed by atoms with Gasteiger partial charge in [-0.25, -0.2) is 0 Å². The average Bonchev–Trinajstić information content (AvgIpc) is 2.75. The zero-order chi connectivity index (χ0) is 20.6. The van der Waals surface area contributed by atoms with E-state index in [-0.39, 0.29) is 11.7 Å². The Morgan fingerprint density at radius 3 is 2.45 bits per heavy atom. The minimum absolute atomic E-state index is 0.0429. The Kier molecular flexibility index (Phi) is 7.34. The summed E-state index contributed by atoms with van der Waals surface area (Å²) in [4.78, 5) is 12.7. The molecule has 0 amide bonds. The molecule has 2 N–H and O–H groups in total. The highest BCUT2D eigenvalue weighted by Crippen LogP contribution is 2.24. The van der Waals surface area contributed by atoms with Crippen LogP contribution in [-0.2, 0) is 4.74 Å². The van der Waals surface area contributed by atoms with Gasteiger partial charge in [0.25, 0.3) is 5.69 Å². The van der Waals surface area contributed by atoms with Gasteiger partial charge < -0.3 is 20.1 Å². The van der Waals surface area contributed by atoms with E-state index in [1.807, 2.05) is 12.1 Å². The summed E-state index contributed by atoms with van der Waals surface area (Å²) in [6, 6.07) is 14.3. The third kappa shape index (κ3) is 5.86. The smallest absolute Gasteiger partial charge is 0.269 e. The van der Waals surface area contributed by atoms with Crippen LogP contribution in [0.5, 0.6) is 5.75 Å². The molecular weight excluding hydrogens is 392 g/mol. The number of nitrogens with one attached hydrogen (secondary N) is 2. The zero-order valence-corrected chi connectivity index (χ0v) is 17.0. The van der Waals surface area contributed by atoms with E-state index in [0.717, 1.165) is 18.8 Å². The fourth-order valence-corrected chi connectivity index (χ4v) is 3.41. The SMILES string of the molecule is COc1ccc(C(CNC(=S)Nc2ccc([N+](=O)[O-])cc2)N2CCOCC2)cc1. The molecule has 9 heteroatoms. The van der Waals surface area contributed by atoms with Crippen LogP contribution in [0.3, 0.4) is 0 Å². The van der Waals surface area contributed by atoms with Crippen LogP contribution in [0.2, 0.25) is 0 Å². The number of non-ortho nitro benzene ring substituents is 1. The first-order chi connectivity index (χ1) is 14.1. The van der Waals surface area contributed by atoms with Crippen molar-refractivity contribution in [3.8, 4) is 5.75 Å². The number of nitrogens with zero attached hydrogens (tertiary/aromatic N) is 2. The minimum atomic E-state index is -0.428. The van der Waals surface area contributed by atoms with Crippen molar-refractivity contribution in [1.29, 1.82) is 0 Å². The number of morpholine rings is 1. The number of hydrogen-bond acceptors (Lipinski definition) is 6. The van der Waals surface area contributed by atoms with Crippen molar-refractivity contribution in [3.05, 3.63) is 64.2 Å². The molecule has 1 heterocycles. The van der Waals surface area contributed by atoms with E-state index in [1.165, 1.54) is 17.7 Å². The lowest BCUT2D eigenvalue weighted by atomic mass is 10.0. The maximum absolute atomic E-state index is 10.8. The Balaban J connectivity index is 1.63. The molecule has 29 heavy (non-hydrogen) atoms. The summed E-state index contributed by atoms with van der Waals surface area (Å²) in [7, 11) is 1.65. The van der Waals surface area contributed by atoms with E-state index in [4.69, 9.17) is 21.7 Å². The average molecular weight is 417 g/mol. The number of thiocarbonyl (C=S) groups is 1. The number of nitro groups is 1. The van der Waals surface area contributed by atoms with Crippen LogP contribution >= 0.6 is 12.2 Å². The van der Waals surface area contributed by atoms with Gasteiger partial charge in [0, 0.05) is 37.5 Å². The highest BCUT2D eigenvalue weighted by Gasteiger charge is 2.23. The molecule has 0 aromatic heterocycles. The van der Waals surface area contributed by atoms with Gasteiger partial charge in [0.15, 0.2) is 5.11 Å². The second kappa shape index (κ2) is 10.1. The molecular formula is C20H24N4O4S. The molecule has 1 fully saturated rings. The Labute approximate surface area is 175 Å². The first-order valence-electron chi connectivity index (χ1n) is 9.32. The first-order valence-corrected chi connectivity index (χ1v) is 9.72. The number of nitro benzene ring substituents is 1. The summed E-state index contributed by atoms with van der Waals surface area (Å²) in [5.41, 5.74) is 1.90. The summed E-state index contributed by atoms with van der Waals surface area (Å²) in [6.45, 7) is 3.73. The lowest BCUT2D eigenvalue weighted by molar-refractivity contribution is -0.384. The molecule has 8 nitrogen and oxygen atoms in total. The molecule has 3 rings (SSSR count). The van der Waals surface area contributed by atoms with Crippen molar-refractivity contribution in [2.24, 2.45) is 0 Å². The maximum atomic E-state index is 10.8. The number of rotatable bonds is 7. The quantitative estimate of drug-likeness (QED) is 0.405. The van der Waals surface area contributed by atoms with Gasteiger partial charge in [-0.1, -0.05) is 12.1 Å². The van der Waals surface area contributed by atoms with Gasteiger partial charge >= 0.3 is 0 Å². The highest BCUT2D eigenvalue weighted by molar-refractivity contribution is 7.80. The molecule has 154 valence electrons. The Morgan fingerprint density at radius 2 is 1.86 bits per heavy atom. The Hall–Kier alpha value is -2.75. The Bertz CT molecular complexity index is 823. The molecule has 0 saturated carbocycles. The van der Waals surface area contributed by atoms with Gasteiger partial charge in [-0.2, -0.15) is 0 Å². The molecule has 0 radical (unpaired) electrons. The molecule has 1 unspecified atom stereocenters. The van der Waals surface area contributed by atoms with Gasteiger partial charge in [0.2, 0.25) is 0 Å². The third-order valence-corrected chi connectivity index (χ3v) is 5.03. The third-order valence-electron chi connectivity index (χ3n) is 4.78. The van der Waals surface area contributed by atoms with Crippen molar-refractivity contribution in [2.75, 3.05) is 45.3 Å². The topological polar surface area (TPSA) is 88.9 Å². The van der Waals surface area contributed by atoms with E-state index < -0.39 is 4.92 Å². The van der Waals surface area contributed by atoms with Gasteiger partial charge in [0.05, 0.1) is 31.3 Å². The van der Waals surface area contributed by atoms with Crippen LogP contribution in [0.15, 0.2) is 48.5 Å². The monoisotopic (exact) mass is 416 g/mol. The van der Waals surface area contributed by atoms with Gasteiger partial charge in [-0.15, -0.1) is 0 Å². The lowest BCUT2D eigenvalue weighted by Gasteiger charge is -2.35. The second-order valence-electron chi connectivity index (χ2n) is 6.58. The summed E-state index contributed by atoms with van der Waals surface area (Å²) in [5.74, 6) is 0.817. The van der Waals surface area contributed by atoms with Crippen LogP contribution < -0.4 is 15.4 Å². The van der Waals surface area contributed by atoms with Crippen LogP contribution in [0, 0.1) is 10.1 Å². The molecule has 1 aliphatic heterocycles. The number of benzene rings is 2. The summed E-state index contributed by atoms with van der Waals surface area (Å²) in [5, 5.41) is 17.6. The largest absolute Gasteiger partial charge is 0.497 e. The van der Waals surface area contributed by atoms with E-state index in [1.54, 1.807) is 19.2 Å². The Morgan fingerprint density at radius 1 is 1.21 bits per heavy atom. The highest BCUT2D eigenvalue weighted by atomic mass is 32.1. The number of methoxy groups -OCH3 is 1. The maximum Gasteiger partial charge on any atom is 0.269 e. The lowest BCUT2D eigenvalue weighted by Crippen LogP contribution is -2.44. The standard InChI is InChI=1S/C20H24N4O4S/c1-27-18-8-2-15(3-9-18)19(23-10-12-28-13-11-23)14-21-20(29)22-16-4-6-17(7-5-16)24(25)26/h2-9,19H,10-14H2,1H3,(H2,21,22,29). The van der Waals surface area contributed by atoms with Crippen molar-refractivity contribution in [2.45, 2.75) is 6.04 Å². The second-order valence-corrected chi connectivity index (χ2v) is 6.98. The van der Waals surface area contributed by atoms with E-state index in [0.29, 0.717) is 30.6 Å². The number of anilines is 1. The van der Waals surface area contributed by atoms with Gasteiger partial charge in [0.1, 0.15) is 5.75 Å². The summed E-state index contributed by atoms with van der Waals surface area (Å²) < 4.78 is 10.7. The van der Waals surface area contributed by atoms with Crippen LogP contribution in [0.25, 0.3) is 0 Å². The van der Waals surface area contributed by atoms with Crippen molar-refractivity contribution < 1.29 is 14.4 Å². The number of ether oxygens (including phenoxy) is 2. The van der Waals surface area contributed by atoms with Crippen molar-refractivity contribution >= 4 is 28.7 Å². The molecule has 2 aromatic rings. The molecule has 2 aromatic carbocycles. The van der Waals surface area contributed by atoms with Gasteiger partial charge in [-0.3, -0.25) is 15.0 Å². The molecule has 1 aliphatic rings. The predicted octanol–water partition coefficient (Wildman–Crippen LogP) is 2.96. The van der Waals surface area contributed by atoms with Crippen LogP contribution in [-0.4, -0.2) is 54.9 Å². The molecule has 0 spiro atoms. The fourth-order valence-electron chi connectivity index (χ4n) is 3.20. The van der Waals surface area contributed by atoms with E-state index in [9.17, 15) is 10.1 Å². The van der Waals surface area contributed by atoms with Crippen LogP contribution in [0.4, 0.5) is 11.4 Å². The summed E-state index contributed by atoms with van der Waals surface area (Å²) >= 11 is 5.41. The summed E-state index contributed by atoms with van der Waals surface area (Å²) in [6.07, 6.45) is 0. The fraction of sp³-hybridized carbons (Fsp3) is 0.350. The predicted molar refractivity (Wildman–Crippen MR) is 115 cm³/mol. The molecule has 0 bridgehead atoms. The van der Waals surface area contributed by atoms with Crippen molar-refractivity contribution in [1.82, 2.24) is 10.2 Å². The number of hydrogen-bond donors (Lipinski definition) is 2. The van der Waals surface area contributed by atoms with E-state index >= 15 is 0 Å². The zero-order valence-electron chi connectivity index (χ0n) is 16.2. The van der Waals surface area contributed by atoms with Crippen LogP contribution in [0.1, 0.15) is 11.6 Å². The molecule has 1 atom stereocenters. The first kappa shape index (κ1) is 21.0. The normalized spacial score (nSPS) is 15.3. The van der Waals surface area contributed by atoms with Gasteiger partial charge in [-0.05, 0) is 42.0 Å².